The second-order valence-electron chi connectivity index (χ2n) is 5.17. The van der Waals surface area contributed by atoms with Gasteiger partial charge in [-0.3, -0.25) is 0 Å². The summed E-state index contributed by atoms with van der Waals surface area (Å²) in [6.45, 7) is 3.56. The first kappa shape index (κ1) is 12.9. The van der Waals surface area contributed by atoms with Gasteiger partial charge < -0.3 is 15.1 Å². The smallest absolute Gasteiger partial charge is 0.0330 e. The van der Waals surface area contributed by atoms with Gasteiger partial charge in [-0.1, -0.05) is 0 Å². The molecule has 1 aliphatic carbocycles. The zero-order valence-electron chi connectivity index (χ0n) is 10.8. The topological polar surface area (TPSA) is 18.5 Å². The van der Waals surface area contributed by atoms with E-state index in [1.54, 1.807) is 0 Å². The van der Waals surface area contributed by atoms with Gasteiger partial charge in [-0.15, -0.1) is 0 Å². The second-order valence-corrected chi connectivity index (χ2v) is 5.17. The maximum atomic E-state index is 3.20. The molecule has 0 aromatic heterocycles. The SMILES string of the molecule is CNCCCN(C)CC1(N(C)C)CCC1. The molecule has 0 atom stereocenters. The summed E-state index contributed by atoms with van der Waals surface area (Å²) >= 11 is 0. The number of rotatable bonds is 7. The first-order chi connectivity index (χ1) is 7.10. The molecule has 90 valence electrons. The van der Waals surface area contributed by atoms with E-state index in [9.17, 15) is 0 Å². The van der Waals surface area contributed by atoms with Gasteiger partial charge >= 0.3 is 0 Å². The summed E-state index contributed by atoms with van der Waals surface area (Å²) in [6.07, 6.45) is 5.39. The molecule has 3 nitrogen and oxygen atoms in total. The van der Waals surface area contributed by atoms with E-state index in [-0.39, 0.29) is 0 Å². The van der Waals surface area contributed by atoms with E-state index in [1.807, 2.05) is 7.05 Å². The highest BCUT2D eigenvalue weighted by atomic mass is 15.2. The van der Waals surface area contributed by atoms with Crippen LogP contribution in [0.2, 0.25) is 0 Å². The zero-order chi connectivity index (χ0) is 11.3. The van der Waals surface area contributed by atoms with Crippen molar-refractivity contribution >= 4 is 0 Å². The molecular weight excluding hydrogens is 186 g/mol. The van der Waals surface area contributed by atoms with Crippen molar-refractivity contribution in [2.24, 2.45) is 0 Å². The molecule has 0 bridgehead atoms. The van der Waals surface area contributed by atoms with Gasteiger partial charge in [0.15, 0.2) is 0 Å². The van der Waals surface area contributed by atoms with Crippen molar-refractivity contribution in [1.29, 1.82) is 0 Å². The predicted molar refractivity (Wildman–Crippen MR) is 66.3 cm³/mol. The maximum absolute atomic E-state index is 3.20. The van der Waals surface area contributed by atoms with Crippen molar-refractivity contribution in [2.75, 3.05) is 47.8 Å². The molecule has 0 radical (unpaired) electrons. The fraction of sp³-hybridized carbons (Fsp3) is 1.00. The summed E-state index contributed by atoms with van der Waals surface area (Å²) < 4.78 is 0. The van der Waals surface area contributed by atoms with Crippen molar-refractivity contribution in [1.82, 2.24) is 15.1 Å². The lowest BCUT2D eigenvalue weighted by molar-refractivity contribution is 0.0277. The molecule has 3 heteroatoms. The minimum atomic E-state index is 0.481. The standard InChI is InChI=1S/C12H27N3/c1-13-9-6-10-15(4)11-12(14(2)3)7-5-8-12/h13H,5-11H2,1-4H3. The Labute approximate surface area is 94.8 Å². The molecule has 0 aromatic carbocycles. The number of likely N-dealkylation sites (N-methyl/N-ethyl adjacent to an activating group) is 2. The van der Waals surface area contributed by atoms with Gasteiger partial charge in [0, 0.05) is 12.1 Å². The minimum absolute atomic E-state index is 0.481. The molecule has 0 amide bonds. The van der Waals surface area contributed by atoms with Crippen LogP contribution in [-0.4, -0.2) is 63.2 Å². The zero-order valence-corrected chi connectivity index (χ0v) is 10.8. The van der Waals surface area contributed by atoms with Crippen LogP contribution in [0.1, 0.15) is 25.7 Å². The minimum Gasteiger partial charge on any atom is -0.320 e. The van der Waals surface area contributed by atoms with Crippen molar-refractivity contribution < 1.29 is 0 Å². The molecule has 0 aliphatic heterocycles. The van der Waals surface area contributed by atoms with Crippen molar-refractivity contribution in [3.8, 4) is 0 Å². The van der Waals surface area contributed by atoms with Crippen LogP contribution in [0.25, 0.3) is 0 Å². The Morgan fingerprint density at radius 1 is 1.20 bits per heavy atom. The van der Waals surface area contributed by atoms with E-state index in [2.05, 4.69) is 36.3 Å². The Kier molecular flexibility index (Phi) is 5.03. The fourth-order valence-corrected chi connectivity index (χ4v) is 2.44. The van der Waals surface area contributed by atoms with Crippen molar-refractivity contribution in [3.05, 3.63) is 0 Å². The van der Waals surface area contributed by atoms with E-state index in [1.165, 1.54) is 38.8 Å². The highest BCUT2D eigenvalue weighted by Gasteiger charge is 2.39. The largest absolute Gasteiger partial charge is 0.320 e. The first-order valence-electron chi connectivity index (χ1n) is 6.11. The van der Waals surface area contributed by atoms with Gasteiger partial charge in [0.1, 0.15) is 0 Å². The van der Waals surface area contributed by atoms with Crippen LogP contribution < -0.4 is 5.32 Å². The molecule has 1 N–H and O–H groups in total. The lowest BCUT2D eigenvalue weighted by Crippen LogP contribution is -2.56. The summed E-state index contributed by atoms with van der Waals surface area (Å²) in [7, 11) is 8.72. The molecule has 1 rings (SSSR count). The quantitative estimate of drug-likeness (QED) is 0.637. The predicted octanol–water partition coefficient (Wildman–Crippen LogP) is 1.01. The second kappa shape index (κ2) is 5.83. The summed E-state index contributed by atoms with van der Waals surface area (Å²) in [5, 5.41) is 3.20. The van der Waals surface area contributed by atoms with Crippen LogP contribution in [-0.2, 0) is 0 Å². The van der Waals surface area contributed by atoms with Crippen molar-refractivity contribution in [2.45, 2.75) is 31.2 Å². The Hall–Kier alpha value is -0.120. The highest BCUT2D eigenvalue weighted by molar-refractivity contribution is 4.97. The van der Waals surface area contributed by atoms with Crippen molar-refractivity contribution in [3.63, 3.8) is 0 Å². The fourth-order valence-electron chi connectivity index (χ4n) is 2.44. The van der Waals surface area contributed by atoms with E-state index in [4.69, 9.17) is 0 Å². The molecule has 1 aliphatic rings. The van der Waals surface area contributed by atoms with E-state index in [0.29, 0.717) is 5.54 Å². The van der Waals surface area contributed by atoms with Crippen LogP contribution in [0.15, 0.2) is 0 Å². The average molecular weight is 213 g/mol. The van der Waals surface area contributed by atoms with E-state index >= 15 is 0 Å². The third-order valence-electron chi connectivity index (χ3n) is 3.76. The number of nitrogens with one attached hydrogen (secondary N) is 1. The van der Waals surface area contributed by atoms with Gasteiger partial charge in [-0.05, 0) is 67.0 Å². The summed E-state index contributed by atoms with van der Waals surface area (Å²) in [6, 6.07) is 0. The average Bonchev–Trinajstić information content (AvgIpc) is 2.11. The number of nitrogens with zero attached hydrogens (tertiary/aromatic N) is 2. The molecule has 15 heavy (non-hydrogen) atoms. The van der Waals surface area contributed by atoms with E-state index < -0.39 is 0 Å². The Morgan fingerprint density at radius 3 is 2.27 bits per heavy atom. The molecule has 0 unspecified atom stereocenters. The van der Waals surface area contributed by atoms with Crippen LogP contribution in [0.3, 0.4) is 0 Å². The highest BCUT2D eigenvalue weighted by Crippen LogP contribution is 2.36. The number of hydrogen-bond acceptors (Lipinski definition) is 3. The van der Waals surface area contributed by atoms with Gasteiger partial charge in [-0.2, -0.15) is 0 Å². The lowest BCUT2D eigenvalue weighted by atomic mass is 9.75. The van der Waals surface area contributed by atoms with Crippen LogP contribution in [0.5, 0.6) is 0 Å². The molecule has 0 spiro atoms. The molecule has 0 heterocycles. The Balaban J connectivity index is 2.26. The number of hydrogen-bond donors (Lipinski definition) is 1. The molecule has 0 saturated heterocycles. The molecule has 1 saturated carbocycles. The summed E-state index contributed by atoms with van der Waals surface area (Å²) in [4.78, 5) is 4.90. The lowest BCUT2D eigenvalue weighted by Gasteiger charge is -2.49. The summed E-state index contributed by atoms with van der Waals surface area (Å²) in [5.41, 5.74) is 0.481. The molecular formula is C12H27N3. The molecule has 1 fully saturated rings. The van der Waals surface area contributed by atoms with Crippen LogP contribution in [0, 0.1) is 0 Å². The van der Waals surface area contributed by atoms with E-state index in [0.717, 1.165) is 6.54 Å². The Morgan fingerprint density at radius 2 is 1.87 bits per heavy atom. The first-order valence-corrected chi connectivity index (χ1v) is 6.11. The van der Waals surface area contributed by atoms with Gasteiger partial charge in [0.25, 0.3) is 0 Å². The van der Waals surface area contributed by atoms with Gasteiger partial charge in [-0.25, -0.2) is 0 Å². The summed E-state index contributed by atoms with van der Waals surface area (Å²) in [5.74, 6) is 0. The monoisotopic (exact) mass is 213 g/mol. The van der Waals surface area contributed by atoms with Crippen LogP contribution >= 0.6 is 0 Å². The third kappa shape index (κ3) is 3.44. The van der Waals surface area contributed by atoms with Gasteiger partial charge in [0.2, 0.25) is 0 Å². The Bertz CT molecular complexity index is 176. The maximum Gasteiger partial charge on any atom is 0.0330 e. The van der Waals surface area contributed by atoms with Gasteiger partial charge in [0.05, 0.1) is 0 Å². The third-order valence-corrected chi connectivity index (χ3v) is 3.76. The van der Waals surface area contributed by atoms with Crippen LogP contribution in [0.4, 0.5) is 0 Å². The molecule has 0 aromatic rings. The normalized spacial score (nSPS) is 19.6.